The van der Waals surface area contributed by atoms with Crippen molar-refractivity contribution in [1.82, 2.24) is 20.2 Å². The van der Waals surface area contributed by atoms with Crippen LogP contribution >= 0.6 is 11.3 Å². The molecule has 0 spiro atoms. The molecule has 1 N–H and O–H groups in total. The molecule has 0 atom stereocenters. The van der Waals surface area contributed by atoms with Crippen LogP contribution < -0.4 is 15.0 Å². The van der Waals surface area contributed by atoms with Gasteiger partial charge in [0, 0.05) is 29.4 Å². The van der Waals surface area contributed by atoms with Crippen molar-refractivity contribution in [1.29, 1.82) is 0 Å². The number of nitrogens with zero attached hydrogens (tertiary/aromatic N) is 5. The number of hydrogen-bond acceptors (Lipinski definition) is 7. The van der Waals surface area contributed by atoms with Gasteiger partial charge in [-0.05, 0) is 31.5 Å². The van der Waals surface area contributed by atoms with Gasteiger partial charge in [0.05, 0.1) is 28.6 Å². The zero-order chi connectivity index (χ0) is 19.3. The summed E-state index contributed by atoms with van der Waals surface area (Å²) in [7, 11) is 0. The molecule has 9 heteroatoms. The van der Waals surface area contributed by atoms with E-state index in [4.69, 9.17) is 4.74 Å². The van der Waals surface area contributed by atoms with Gasteiger partial charge in [0.2, 0.25) is 11.8 Å². The summed E-state index contributed by atoms with van der Waals surface area (Å²) in [6.07, 6.45) is 4.91. The van der Waals surface area contributed by atoms with E-state index in [0.717, 1.165) is 32.0 Å². The molecule has 0 aliphatic carbocycles. The Morgan fingerprint density at radius 1 is 1.11 bits per heavy atom. The van der Waals surface area contributed by atoms with Gasteiger partial charge in [-0.1, -0.05) is 0 Å². The number of thiophene rings is 1. The topological polar surface area (TPSA) is 93.1 Å². The SMILES string of the molecule is Cc1cc(Oc2cccnn2)ncc1N1C(=O)Nc2c(C)sc3nccc1c23. The van der Waals surface area contributed by atoms with Crippen molar-refractivity contribution in [3.63, 3.8) is 0 Å². The summed E-state index contributed by atoms with van der Waals surface area (Å²) in [6, 6.07) is 6.82. The average Bonchev–Trinajstić information content (AvgIpc) is 3.00. The van der Waals surface area contributed by atoms with Crippen LogP contribution in [0.2, 0.25) is 0 Å². The normalized spacial score (nSPS) is 12.9. The minimum Gasteiger partial charge on any atom is -0.419 e. The molecule has 0 bridgehead atoms. The number of hydrogen-bond donors (Lipinski definition) is 1. The number of ether oxygens (including phenoxy) is 1. The van der Waals surface area contributed by atoms with Crippen molar-refractivity contribution in [3.05, 3.63) is 53.3 Å². The van der Waals surface area contributed by atoms with E-state index in [9.17, 15) is 4.79 Å². The number of amides is 2. The first kappa shape index (κ1) is 16.6. The number of anilines is 3. The molecule has 0 fully saturated rings. The quantitative estimate of drug-likeness (QED) is 0.551. The summed E-state index contributed by atoms with van der Waals surface area (Å²) < 4.78 is 5.63. The van der Waals surface area contributed by atoms with Gasteiger partial charge in [0.15, 0.2) is 0 Å². The smallest absolute Gasteiger partial charge is 0.331 e. The number of pyridine rings is 2. The van der Waals surface area contributed by atoms with Gasteiger partial charge < -0.3 is 10.1 Å². The van der Waals surface area contributed by atoms with Gasteiger partial charge in [-0.25, -0.2) is 14.8 Å². The van der Waals surface area contributed by atoms with E-state index < -0.39 is 0 Å². The molecule has 2 amide bonds. The van der Waals surface area contributed by atoms with Gasteiger partial charge in [0.1, 0.15) is 4.83 Å². The molecule has 4 aromatic rings. The van der Waals surface area contributed by atoms with E-state index in [1.165, 1.54) is 0 Å². The monoisotopic (exact) mass is 390 g/mol. The lowest BCUT2D eigenvalue weighted by atomic mass is 10.1. The number of rotatable bonds is 3. The Morgan fingerprint density at radius 2 is 2.00 bits per heavy atom. The lowest BCUT2D eigenvalue weighted by Crippen LogP contribution is -2.34. The van der Waals surface area contributed by atoms with E-state index in [1.807, 2.05) is 19.9 Å². The van der Waals surface area contributed by atoms with Gasteiger partial charge in [-0.3, -0.25) is 4.90 Å². The fourth-order valence-corrected chi connectivity index (χ4v) is 4.20. The van der Waals surface area contributed by atoms with Crippen LogP contribution in [0.3, 0.4) is 0 Å². The Hall–Kier alpha value is -3.59. The van der Waals surface area contributed by atoms with E-state index in [2.05, 4.69) is 25.5 Å². The highest BCUT2D eigenvalue weighted by molar-refractivity contribution is 7.19. The first-order chi connectivity index (χ1) is 13.6. The predicted octanol–water partition coefficient (Wildman–Crippen LogP) is 4.57. The van der Waals surface area contributed by atoms with Crippen LogP contribution in [0, 0.1) is 13.8 Å². The molecule has 0 saturated heterocycles. The van der Waals surface area contributed by atoms with Gasteiger partial charge >= 0.3 is 6.03 Å². The third kappa shape index (κ3) is 2.55. The Morgan fingerprint density at radius 3 is 2.79 bits per heavy atom. The first-order valence-electron chi connectivity index (χ1n) is 8.53. The minimum absolute atomic E-state index is 0.228. The maximum atomic E-state index is 12.9. The number of carbonyl (C=O) groups is 1. The lowest BCUT2D eigenvalue weighted by molar-refractivity contribution is 0.258. The van der Waals surface area contributed by atoms with Crippen molar-refractivity contribution in [2.45, 2.75) is 13.8 Å². The predicted molar refractivity (Wildman–Crippen MR) is 107 cm³/mol. The molecule has 1 aliphatic heterocycles. The van der Waals surface area contributed by atoms with Crippen LogP contribution in [-0.4, -0.2) is 26.2 Å². The standard InChI is InChI=1S/C19H14N6O2S/c1-10-8-15(27-14-4-3-6-22-24-14)21-9-13(10)25-12-5-7-20-18-16(12)17(11(2)28-18)23-19(25)26/h3-9H,1-2H3,(H,23,26). The maximum absolute atomic E-state index is 12.9. The summed E-state index contributed by atoms with van der Waals surface area (Å²) in [5.41, 5.74) is 3.13. The largest absolute Gasteiger partial charge is 0.419 e. The zero-order valence-corrected chi connectivity index (χ0v) is 15.8. The molecule has 0 aromatic carbocycles. The van der Waals surface area contributed by atoms with E-state index in [-0.39, 0.29) is 6.03 Å². The number of nitrogens with one attached hydrogen (secondary N) is 1. The minimum atomic E-state index is -0.228. The summed E-state index contributed by atoms with van der Waals surface area (Å²) in [4.78, 5) is 25.2. The Labute approximate surface area is 163 Å². The third-order valence-corrected chi connectivity index (χ3v) is 5.49. The summed E-state index contributed by atoms with van der Waals surface area (Å²) >= 11 is 1.56. The van der Waals surface area contributed by atoms with E-state index in [0.29, 0.717) is 17.4 Å². The second-order valence-electron chi connectivity index (χ2n) is 6.28. The Kier molecular flexibility index (Phi) is 3.69. The highest BCUT2D eigenvalue weighted by Gasteiger charge is 2.30. The molecular formula is C19H14N6O2S. The number of aromatic nitrogens is 4. The van der Waals surface area contributed by atoms with Crippen molar-refractivity contribution >= 4 is 44.6 Å². The number of carbonyl (C=O) groups excluding carboxylic acids is 1. The molecule has 8 nitrogen and oxygen atoms in total. The maximum Gasteiger partial charge on any atom is 0.331 e. The van der Waals surface area contributed by atoms with Gasteiger partial charge in [-0.2, -0.15) is 5.10 Å². The lowest BCUT2D eigenvalue weighted by Gasteiger charge is -2.29. The highest BCUT2D eigenvalue weighted by Crippen LogP contribution is 2.45. The second-order valence-corrected chi connectivity index (χ2v) is 7.49. The van der Waals surface area contributed by atoms with Gasteiger partial charge in [0.25, 0.3) is 0 Å². The van der Waals surface area contributed by atoms with Crippen LogP contribution in [0.15, 0.2) is 42.9 Å². The highest BCUT2D eigenvalue weighted by atomic mass is 32.1. The van der Waals surface area contributed by atoms with Crippen molar-refractivity contribution < 1.29 is 9.53 Å². The molecule has 1 aliphatic rings. The molecule has 0 unspecified atom stereocenters. The molecule has 138 valence electrons. The second kappa shape index (κ2) is 6.24. The van der Waals surface area contributed by atoms with E-state index >= 15 is 0 Å². The zero-order valence-electron chi connectivity index (χ0n) is 15.0. The molecule has 0 radical (unpaired) electrons. The van der Waals surface area contributed by atoms with Crippen molar-refractivity contribution in [2.24, 2.45) is 0 Å². The average molecular weight is 390 g/mol. The molecule has 0 saturated carbocycles. The first-order valence-corrected chi connectivity index (χ1v) is 9.35. The summed E-state index contributed by atoms with van der Waals surface area (Å²) in [6.45, 7) is 3.88. The van der Waals surface area contributed by atoms with Crippen LogP contribution in [0.4, 0.5) is 21.9 Å². The summed E-state index contributed by atoms with van der Waals surface area (Å²) in [5, 5.41) is 11.6. The fourth-order valence-electron chi connectivity index (χ4n) is 3.23. The Bertz CT molecular complexity index is 1220. The van der Waals surface area contributed by atoms with Crippen molar-refractivity contribution in [3.8, 4) is 11.8 Å². The van der Waals surface area contributed by atoms with Gasteiger partial charge in [-0.15, -0.1) is 16.4 Å². The number of aryl methyl sites for hydroxylation is 2. The number of urea groups is 1. The van der Waals surface area contributed by atoms with Crippen LogP contribution in [0.1, 0.15) is 10.4 Å². The summed E-state index contributed by atoms with van der Waals surface area (Å²) in [5.74, 6) is 0.734. The Balaban J connectivity index is 1.57. The van der Waals surface area contributed by atoms with E-state index in [1.54, 1.807) is 53.0 Å². The van der Waals surface area contributed by atoms with Crippen LogP contribution in [-0.2, 0) is 0 Å². The van der Waals surface area contributed by atoms with Crippen LogP contribution in [0.5, 0.6) is 11.8 Å². The molecule has 4 aromatic heterocycles. The fraction of sp³-hybridized carbons (Fsp3) is 0.105. The molecular weight excluding hydrogens is 376 g/mol. The molecule has 5 rings (SSSR count). The molecule has 28 heavy (non-hydrogen) atoms. The third-order valence-electron chi connectivity index (χ3n) is 4.48. The van der Waals surface area contributed by atoms with Crippen molar-refractivity contribution in [2.75, 3.05) is 10.2 Å². The molecule has 5 heterocycles. The van der Waals surface area contributed by atoms with Crippen LogP contribution in [0.25, 0.3) is 10.2 Å².